The van der Waals surface area contributed by atoms with Crippen LogP contribution in [0.5, 0.6) is 5.75 Å². The Labute approximate surface area is 123 Å². The van der Waals surface area contributed by atoms with E-state index in [4.69, 9.17) is 10.5 Å². The zero-order chi connectivity index (χ0) is 14.2. The monoisotopic (exact) mass is 276 g/mol. The third kappa shape index (κ3) is 4.80. The molecule has 1 aromatic carbocycles. The van der Waals surface area contributed by atoms with Gasteiger partial charge in [-0.05, 0) is 69.4 Å². The van der Waals surface area contributed by atoms with Crippen molar-refractivity contribution in [2.45, 2.75) is 32.6 Å². The number of hydrogen-bond donors (Lipinski definition) is 1. The van der Waals surface area contributed by atoms with Crippen LogP contribution in [0.3, 0.4) is 0 Å². The van der Waals surface area contributed by atoms with Crippen LogP contribution in [0.25, 0.3) is 0 Å². The normalized spacial score (nSPS) is 17.9. The molecule has 1 aliphatic heterocycles. The second-order valence-corrected chi connectivity index (χ2v) is 5.74. The molecule has 1 atom stereocenters. The summed E-state index contributed by atoms with van der Waals surface area (Å²) in [5.41, 5.74) is 7.33. The van der Waals surface area contributed by atoms with Gasteiger partial charge in [-0.3, -0.25) is 0 Å². The van der Waals surface area contributed by atoms with E-state index >= 15 is 0 Å². The molecule has 0 saturated carbocycles. The van der Waals surface area contributed by atoms with Crippen LogP contribution in [0.4, 0.5) is 0 Å². The first-order chi connectivity index (χ1) is 9.81. The molecule has 0 amide bonds. The number of nitrogens with two attached hydrogens (primary N) is 1. The summed E-state index contributed by atoms with van der Waals surface area (Å²) in [5.74, 6) is 1.52. The molecule has 112 valence electrons. The second kappa shape index (κ2) is 8.28. The molecule has 20 heavy (non-hydrogen) atoms. The van der Waals surface area contributed by atoms with E-state index in [1.165, 1.54) is 37.9 Å². The zero-order valence-electron chi connectivity index (χ0n) is 12.7. The third-order valence-electron chi connectivity index (χ3n) is 4.06. The first-order valence-electron chi connectivity index (χ1n) is 7.96. The zero-order valence-corrected chi connectivity index (χ0v) is 12.7. The summed E-state index contributed by atoms with van der Waals surface area (Å²) < 4.78 is 5.48. The maximum atomic E-state index is 5.96. The highest BCUT2D eigenvalue weighted by atomic mass is 16.5. The minimum atomic E-state index is 0.561. The molecule has 1 aliphatic rings. The standard InChI is InChI=1S/C17H28N2O/c1-2-20-17-8-6-15(7-9-17)12-16(13-18)14-19-10-4-3-5-11-19/h6-9,16H,2-5,10-14,18H2,1H3. The van der Waals surface area contributed by atoms with Crippen LogP contribution in [-0.4, -0.2) is 37.7 Å². The molecule has 1 aromatic rings. The lowest BCUT2D eigenvalue weighted by Gasteiger charge is -2.30. The molecule has 0 spiro atoms. The van der Waals surface area contributed by atoms with Gasteiger partial charge in [0.15, 0.2) is 0 Å². The summed E-state index contributed by atoms with van der Waals surface area (Å²) in [7, 11) is 0. The number of likely N-dealkylation sites (tertiary alicyclic amines) is 1. The summed E-state index contributed by atoms with van der Waals surface area (Å²) in [4.78, 5) is 2.58. The summed E-state index contributed by atoms with van der Waals surface area (Å²) in [6.07, 6.45) is 5.16. The molecular weight excluding hydrogens is 248 g/mol. The minimum absolute atomic E-state index is 0.561. The Bertz CT molecular complexity index is 371. The lowest BCUT2D eigenvalue weighted by Crippen LogP contribution is -2.37. The molecular formula is C17H28N2O. The van der Waals surface area contributed by atoms with Gasteiger partial charge in [-0.25, -0.2) is 0 Å². The van der Waals surface area contributed by atoms with Crippen molar-refractivity contribution in [1.29, 1.82) is 0 Å². The van der Waals surface area contributed by atoms with Crippen LogP contribution < -0.4 is 10.5 Å². The van der Waals surface area contributed by atoms with Gasteiger partial charge in [-0.2, -0.15) is 0 Å². The number of nitrogens with zero attached hydrogens (tertiary/aromatic N) is 1. The van der Waals surface area contributed by atoms with E-state index in [1.54, 1.807) is 0 Å². The first kappa shape index (κ1) is 15.3. The molecule has 0 aromatic heterocycles. The van der Waals surface area contributed by atoms with Crippen molar-refractivity contribution in [2.24, 2.45) is 11.7 Å². The van der Waals surface area contributed by atoms with Crippen LogP contribution in [0.2, 0.25) is 0 Å². The minimum Gasteiger partial charge on any atom is -0.494 e. The molecule has 2 rings (SSSR count). The highest BCUT2D eigenvalue weighted by Crippen LogP contribution is 2.17. The lowest BCUT2D eigenvalue weighted by molar-refractivity contribution is 0.196. The maximum absolute atomic E-state index is 5.96. The quantitative estimate of drug-likeness (QED) is 0.832. The molecule has 1 heterocycles. The number of rotatable bonds is 7. The van der Waals surface area contributed by atoms with Gasteiger partial charge in [0.2, 0.25) is 0 Å². The number of piperidine rings is 1. The highest BCUT2D eigenvalue weighted by Gasteiger charge is 2.15. The molecule has 1 fully saturated rings. The molecule has 1 unspecified atom stereocenters. The molecule has 3 heteroatoms. The van der Waals surface area contributed by atoms with Crippen molar-refractivity contribution in [1.82, 2.24) is 4.90 Å². The van der Waals surface area contributed by atoms with Gasteiger partial charge in [0.1, 0.15) is 5.75 Å². The highest BCUT2D eigenvalue weighted by molar-refractivity contribution is 5.27. The molecule has 0 radical (unpaired) electrons. The SMILES string of the molecule is CCOc1ccc(CC(CN)CN2CCCCC2)cc1. The molecule has 0 bridgehead atoms. The maximum Gasteiger partial charge on any atom is 0.119 e. The summed E-state index contributed by atoms with van der Waals surface area (Å²) in [6, 6.07) is 8.47. The van der Waals surface area contributed by atoms with Crippen molar-refractivity contribution in [3.63, 3.8) is 0 Å². The van der Waals surface area contributed by atoms with Crippen LogP contribution >= 0.6 is 0 Å². The Kier molecular flexibility index (Phi) is 6.34. The Balaban J connectivity index is 1.85. The van der Waals surface area contributed by atoms with Crippen LogP contribution in [0.1, 0.15) is 31.7 Å². The fourth-order valence-electron chi connectivity index (χ4n) is 2.95. The van der Waals surface area contributed by atoms with E-state index in [9.17, 15) is 0 Å². The molecule has 1 saturated heterocycles. The Hall–Kier alpha value is -1.06. The van der Waals surface area contributed by atoms with Crippen molar-refractivity contribution in [2.75, 3.05) is 32.8 Å². The fraction of sp³-hybridized carbons (Fsp3) is 0.647. The average molecular weight is 276 g/mol. The van der Waals surface area contributed by atoms with Gasteiger partial charge in [-0.1, -0.05) is 18.6 Å². The van der Waals surface area contributed by atoms with Gasteiger partial charge >= 0.3 is 0 Å². The Morgan fingerprint density at radius 2 is 1.85 bits per heavy atom. The molecule has 0 aliphatic carbocycles. The number of hydrogen-bond acceptors (Lipinski definition) is 3. The van der Waals surface area contributed by atoms with E-state index < -0.39 is 0 Å². The average Bonchev–Trinajstić information content (AvgIpc) is 2.50. The van der Waals surface area contributed by atoms with Gasteiger partial charge in [-0.15, -0.1) is 0 Å². The van der Waals surface area contributed by atoms with E-state index in [-0.39, 0.29) is 0 Å². The smallest absolute Gasteiger partial charge is 0.119 e. The van der Waals surface area contributed by atoms with Gasteiger partial charge in [0.25, 0.3) is 0 Å². The van der Waals surface area contributed by atoms with E-state index in [0.29, 0.717) is 5.92 Å². The Morgan fingerprint density at radius 1 is 1.15 bits per heavy atom. The first-order valence-corrected chi connectivity index (χ1v) is 7.96. The Morgan fingerprint density at radius 3 is 2.45 bits per heavy atom. The van der Waals surface area contributed by atoms with Crippen LogP contribution in [0, 0.1) is 5.92 Å². The topological polar surface area (TPSA) is 38.5 Å². The summed E-state index contributed by atoms with van der Waals surface area (Å²) in [5, 5.41) is 0. The third-order valence-corrected chi connectivity index (χ3v) is 4.06. The predicted molar refractivity (Wildman–Crippen MR) is 84.2 cm³/mol. The van der Waals surface area contributed by atoms with E-state index in [2.05, 4.69) is 29.2 Å². The van der Waals surface area contributed by atoms with Crippen LogP contribution in [-0.2, 0) is 6.42 Å². The lowest BCUT2D eigenvalue weighted by atomic mass is 9.97. The van der Waals surface area contributed by atoms with Gasteiger partial charge in [0, 0.05) is 6.54 Å². The van der Waals surface area contributed by atoms with Crippen molar-refractivity contribution < 1.29 is 4.74 Å². The molecule has 3 nitrogen and oxygen atoms in total. The number of benzene rings is 1. The largest absolute Gasteiger partial charge is 0.494 e. The van der Waals surface area contributed by atoms with Crippen molar-refractivity contribution in [3.8, 4) is 5.75 Å². The number of ether oxygens (including phenoxy) is 1. The van der Waals surface area contributed by atoms with E-state index in [0.717, 1.165) is 31.9 Å². The predicted octanol–water partition coefficient (Wildman–Crippen LogP) is 2.69. The van der Waals surface area contributed by atoms with Gasteiger partial charge < -0.3 is 15.4 Å². The summed E-state index contributed by atoms with van der Waals surface area (Å²) >= 11 is 0. The fourth-order valence-corrected chi connectivity index (χ4v) is 2.95. The second-order valence-electron chi connectivity index (χ2n) is 5.74. The molecule has 2 N–H and O–H groups in total. The van der Waals surface area contributed by atoms with Gasteiger partial charge in [0.05, 0.1) is 6.61 Å². The summed E-state index contributed by atoms with van der Waals surface area (Å²) in [6.45, 7) is 7.14. The van der Waals surface area contributed by atoms with Crippen molar-refractivity contribution >= 4 is 0 Å². The van der Waals surface area contributed by atoms with E-state index in [1.807, 2.05) is 6.92 Å². The van der Waals surface area contributed by atoms with Crippen LogP contribution in [0.15, 0.2) is 24.3 Å². The van der Waals surface area contributed by atoms with Crippen molar-refractivity contribution in [3.05, 3.63) is 29.8 Å².